The molecule has 0 spiro atoms. The third kappa shape index (κ3) is 10.2. The molecule has 7 atom stereocenters. The van der Waals surface area contributed by atoms with Crippen LogP contribution in [-0.4, -0.2) is 59.8 Å². The van der Waals surface area contributed by atoms with Crippen LogP contribution in [0, 0.1) is 47.3 Å². The average Bonchev–Trinajstić information content (AvgIpc) is 2.80. The maximum atomic E-state index is 12.1. The Morgan fingerprint density at radius 3 is 1.62 bits per heavy atom. The monoisotopic (exact) mass is 486 g/mol. The second kappa shape index (κ2) is 15.7. The van der Waals surface area contributed by atoms with E-state index in [-0.39, 0.29) is 50.2 Å². The Hall–Kier alpha value is -1.18. The molecule has 7 heteroatoms. The molecule has 34 heavy (non-hydrogen) atoms. The van der Waals surface area contributed by atoms with Crippen LogP contribution >= 0.6 is 0 Å². The van der Waals surface area contributed by atoms with Crippen LogP contribution in [0.25, 0.3) is 0 Å². The fourth-order valence-electron chi connectivity index (χ4n) is 5.54. The zero-order valence-electron chi connectivity index (χ0n) is 22.2. The molecule has 0 aromatic carbocycles. The van der Waals surface area contributed by atoms with Gasteiger partial charge in [-0.15, -0.1) is 0 Å². The molecule has 200 valence electrons. The Labute approximate surface area is 206 Å². The van der Waals surface area contributed by atoms with E-state index in [1.54, 1.807) is 0 Å². The predicted molar refractivity (Wildman–Crippen MR) is 132 cm³/mol. The van der Waals surface area contributed by atoms with Gasteiger partial charge in [-0.3, -0.25) is 9.59 Å². The number of rotatable bonds is 9. The summed E-state index contributed by atoms with van der Waals surface area (Å²) in [5, 5.41) is 26.6. The van der Waals surface area contributed by atoms with Crippen molar-refractivity contribution in [3.8, 4) is 0 Å². The Morgan fingerprint density at radius 1 is 0.794 bits per heavy atom. The first-order valence-corrected chi connectivity index (χ1v) is 13.2. The smallest absolute Gasteiger partial charge is 0.309 e. The first-order chi connectivity index (χ1) is 16.0. The van der Waals surface area contributed by atoms with Crippen molar-refractivity contribution in [1.82, 2.24) is 0 Å². The first kappa shape index (κ1) is 30.9. The van der Waals surface area contributed by atoms with E-state index in [1.165, 1.54) is 12.8 Å². The van der Waals surface area contributed by atoms with Gasteiger partial charge in [-0.25, -0.2) is 0 Å². The van der Waals surface area contributed by atoms with E-state index in [0.717, 1.165) is 25.7 Å². The summed E-state index contributed by atoms with van der Waals surface area (Å²) in [6.07, 6.45) is 5.42. The molecule has 0 aromatic heterocycles. The van der Waals surface area contributed by atoms with E-state index >= 15 is 0 Å². The summed E-state index contributed by atoms with van der Waals surface area (Å²) < 4.78 is 10.2. The van der Waals surface area contributed by atoms with Crippen molar-refractivity contribution in [3.63, 3.8) is 0 Å². The zero-order valence-corrected chi connectivity index (χ0v) is 22.2. The highest BCUT2D eigenvalue weighted by Gasteiger charge is 2.37. The number of hydrogen-bond acceptors (Lipinski definition) is 7. The van der Waals surface area contributed by atoms with Gasteiger partial charge in [0, 0.05) is 0 Å². The average molecular weight is 487 g/mol. The quantitative estimate of drug-likeness (QED) is 0.425. The van der Waals surface area contributed by atoms with Crippen LogP contribution in [0.1, 0.15) is 80.1 Å². The van der Waals surface area contributed by atoms with Gasteiger partial charge in [0.05, 0.1) is 25.0 Å². The molecule has 0 bridgehead atoms. The first-order valence-electron chi connectivity index (χ1n) is 13.2. The highest BCUT2D eigenvalue weighted by Crippen LogP contribution is 2.39. The molecular weight excluding hydrogens is 436 g/mol. The minimum atomic E-state index is -0.965. The summed E-state index contributed by atoms with van der Waals surface area (Å²) in [5.74, 6) is 2.64. The molecule has 0 amide bonds. The Bertz CT molecular complexity index is 592. The van der Waals surface area contributed by atoms with Gasteiger partial charge in [0.15, 0.2) is 0 Å². The lowest BCUT2D eigenvalue weighted by atomic mass is 9.70. The predicted octanol–water partition coefficient (Wildman–Crippen LogP) is 3.82. The third-order valence-electron chi connectivity index (χ3n) is 7.61. The van der Waals surface area contributed by atoms with Gasteiger partial charge >= 0.3 is 11.9 Å². The van der Waals surface area contributed by atoms with Crippen LogP contribution in [0.15, 0.2) is 0 Å². The summed E-state index contributed by atoms with van der Waals surface area (Å²) in [5.41, 5.74) is 0. The largest absolute Gasteiger partial charge is 0.463 e. The lowest BCUT2D eigenvalue weighted by Gasteiger charge is -2.35. The van der Waals surface area contributed by atoms with Gasteiger partial charge in [-0.2, -0.15) is 0 Å². The van der Waals surface area contributed by atoms with Gasteiger partial charge in [-0.05, 0) is 61.2 Å². The fraction of sp³-hybridized carbons (Fsp3) is 0.926. The summed E-state index contributed by atoms with van der Waals surface area (Å²) in [6, 6.07) is 0. The van der Waals surface area contributed by atoms with Crippen molar-refractivity contribution in [3.05, 3.63) is 0 Å². The molecule has 0 aromatic rings. The Morgan fingerprint density at radius 2 is 1.24 bits per heavy atom. The molecule has 2 rings (SSSR count). The van der Waals surface area contributed by atoms with Crippen molar-refractivity contribution < 1.29 is 34.4 Å². The molecule has 7 nitrogen and oxygen atoms in total. The summed E-state index contributed by atoms with van der Waals surface area (Å²) >= 11 is 0. The van der Waals surface area contributed by atoms with Gasteiger partial charge in [0.2, 0.25) is 0 Å². The Balaban J connectivity index is 0.000000342. The van der Waals surface area contributed by atoms with Crippen molar-refractivity contribution >= 4 is 11.9 Å². The van der Waals surface area contributed by atoms with Gasteiger partial charge in [0.25, 0.3) is 0 Å². The van der Waals surface area contributed by atoms with E-state index in [1.807, 2.05) is 0 Å². The number of carbonyl (C=O) groups excluding carboxylic acids is 2. The maximum absolute atomic E-state index is 12.1. The number of carbonyl (C=O) groups is 2. The van der Waals surface area contributed by atoms with Crippen LogP contribution in [0.5, 0.6) is 0 Å². The molecule has 2 aliphatic carbocycles. The zero-order chi connectivity index (χ0) is 25.8. The standard InChI is InChI=1S/C14H26O4.C13H24O3/c1-9(2)12-5-4-10(3)6-13(12)14(17)18-8-11(16)7-15;1-9(2)11-5-4-10(3)8-12(11)13(15)16-7-6-14/h9-13,15-16H,4-8H2,1-3H3;9-12,14H,4-8H2,1-3H3/t10-,11?,12+,13-;10-,11+,12-/m11/s1. The minimum Gasteiger partial charge on any atom is -0.463 e. The molecule has 0 saturated heterocycles. The van der Waals surface area contributed by atoms with E-state index in [2.05, 4.69) is 41.5 Å². The van der Waals surface area contributed by atoms with Gasteiger partial charge in [-0.1, -0.05) is 54.4 Å². The van der Waals surface area contributed by atoms with Crippen LogP contribution in [0.3, 0.4) is 0 Å². The van der Waals surface area contributed by atoms with E-state index in [9.17, 15) is 14.7 Å². The molecule has 0 heterocycles. The normalized spacial score (nSPS) is 30.3. The molecule has 2 aliphatic rings. The number of ether oxygens (including phenoxy) is 2. The lowest BCUT2D eigenvalue weighted by Crippen LogP contribution is -2.35. The highest BCUT2D eigenvalue weighted by molar-refractivity contribution is 5.73. The lowest BCUT2D eigenvalue weighted by molar-refractivity contribution is -0.157. The molecule has 1 unspecified atom stereocenters. The minimum absolute atomic E-state index is 0.0373. The van der Waals surface area contributed by atoms with Gasteiger partial charge in [0.1, 0.15) is 19.3 Å². The molecule has 3 N–H and O–H groups in total. The van der Waals surface area contributed by atoms with Crippen molar-refractivity contribution in [2.24, 2.45) is 47.3 Å². The number of esters is 2. The van der Waals surface area contributed by atoms with Crippen LogP contribution in [0.4, 0.5) is 0 Å². The molecule has 0 radical (unpaired) electrons. The van der Waals surface area contributed by atoms with Crippen LogP contribution < -0.4 is 0 Å². The van der Waals surface area contributed by atoms with Crippen molar-refractivity contribution in [1.29, 1.82) is 0 Å². The van der Waals surface area contributed by atoms with Crippen molar-refractivity contribution in [2.75, 3.05) is 26.4 Å². The van der Waals surface area contributed by atoms with E-state index < -0.39 is 6.10 Å². The summed E-state index contributed by atoms with van der Waals surface area (Å²) in [4.78, 5) is 23.9. The second-order valence-electron chi connectivity index (χ2n) is 11.2. The number of aliphatic hydroxyl groups is 3. The molecule has 2 fully saturated rings. The summed E-state index contributed by atoms with van der Waals surface area (Å²) in [7, 11) is 0. The Kier molecular flexibility index (Phi) is 14.3. The number of hydrogen-bond donors (Lipinski definition) is 3. The molecule has 2 saturated carbocycles. The SMILES string of the molecule is CC(C)[C@@H]1CC[C@@H](C)C[C@H]1C(=O)OCC(O)CO.CC(C)[C@@H]1CC[C@@H](C)C[C@H]1C(=O)OCCO. The molecular formula is C27H50O7. The third-order valence-corrected chi connectivity index (χ3v) is 7.61. The van der Waals surface area contributed by atoms with Crippen LogP contribution in [0.2, 0.25) is 0 Å². The second-order valence-corrected chi connectivity index (χ2v) is 11.2. The van der Waals surface area contributed by atoms with E-state index in [0.29, 0.717) is 35.5 Å². The molecule has 0 aliphatic heterocycles. The van der Waals surface area contributed by atoms with Crippen LogP contribution in [-0.2, 0) is 19.1 Å². The van der Waals surface area contributed by atoms with E-state index in [4.69, 9.17) is 19.7 Å². The summed E-state index contributed by atoms with van der Waals surface area (Å²) in [6.45, 7) is 12.6. The number of aliphatic hydroxyl groups excluding tert-OH is 3. The topological polar surface area (TPSA) is 113 Å². The van der Waals surface area contributed by atoms with Crippen molar-refractivity contribution in [2.45, 2.75) is 86.2 Å². The maximum Gasteiger partial charge on any atom is 0.309 e. The fourth-order valence-corrected chi connectivity index (χ4v) is 5.54. The highest BCUT2D eigenvalue weighted by atomic mass is 16.5. The van der Waals surface area contributed by atoms with Gasteiger partial charge < -0.3 is 24.8 Å².